The summed E-state index contributed by atoms with van der Waals surface area (Å²) in [5, 5.41) is 6.02. The van der Waals surface area contributed by atoms with Gasteiger partial charge in [0.25, 0.3) is 0 Å². The van der Waals surface area contributed by atoms with E-state index in [0.29, 0.717) is 19.5 Å². The van der Waals surface area contributed by atoms with Gasteiger partial charge in [0.1, 0.15) is 0 Å². The predicted octanol–water partition coefficient (Wildman–Crippen LogP) is 1.81. The second-order valence-electron chi connectivity index (χ2n) is 4.61. The molecule has 0 aliphatic heterocycles. The number of rotatable bonds is 6. The van der Waals surface area contributed by atoms with E-state index in [-0.39, 0.29) is 5.91 Å². The molecule has 1 aromatic heterocycles. The molecule has 1 heterocycles. The van der Waals surface area contributed by atoms with Gasteiger partial charge in [-0.05, 0) is 18.1 Å². The van der Waals surface area contributed by atoms with Crippen molar-refractivity contribution >= 4 is 17.2 Å². The Morgan fingerprint density at radius 1 is 1.35 bits per heavy atom. The van der Waals surface area contributed by atoms with Gasteiger partial charge < -0.3 is 11.1 Å². The zero-order valence-electron chi connectivity index (χ0n) is 11.6. The van der Waals surface area contributed by atoms with Gasteiger partial charge in [0.05, 0.1) is 17.1 Å². The average molecular weight is 289 g/mol. The Morgan fingerprint density at radius 2 is 2.10 bits per heavy atom. The molecule has 0 saturated carbocycles. The van der Waals surface area contributed by atoms with Crippen LogP contribution in [0.2, 0.25) is 0 Å². The number of hydrogen-bond donors (Lipinski definition) is 2. The molecule has 0 bridgehead atoms. The van der Waals surface area contributed by atoms with Gasteiger partial charge >= 0.3 is 0 Å². The number of benzene rings is 1. The van der Waals surface area contributed by atoms with Crippen molar-refractivity contribution in [2.24, 2.45) is 5.73 Å². The van der Waals surface area contributed by atoms with E-state index < -0.39 is 0 Å². The maximum absolute atomic E-state index is 11.9. The van der Waals surface area contributed by atoms with Gasteiger partial charge in [-0.15, -0.1) is 11.3 Å². The van der Waals surface area contributed by atoms with E-state index in [2.05, 4.69) is 10.3 Å². The summed E-state index contributed by atoms with van der Waals surface area (Å²) in [5.41, 5.74) is 8.73. The number of nitrogens with one attached hydrogen (secondary N) is 1. The van der Waals surface area contributed by atoms with E-state index in [1.807, 2.05) is 36.6 Å². The second kappa shape index (κ2) is 7.17. The van der Waals surface area contributed by atoms with E-state index in [9.17, 15) is 4.79 Å². The molecule has 0 aliphatic carbocycles. The summed E-state index contributed by atoms with van der Waals surface area (Å²) < 4.78 is 0. The van der Waals surface area contributed by atoms with Crippen molar-refractivity contribution in [1.82, 2.24) is 10.3 Å². The summed E-state index contributed by atoms with van der Waals surface area (Å²) in [6, 6.07) is 7.78. The smallest absolute Gasteiger partial charge is 0.224 e. The van der Waals surface area contributed by atoms with Crippen LogP contribution in [0.4, 0.5) is 0 Å². The largest absolute Gasteiger partial charge is 0.355 e. The third-order valence-corrected chi connectivity index (χ3v) is 3.88. The van der Waals surface area contributed by atoms with Crippen LogP contribution in [0.5, 0.6) is 0 Å². The first kappa shape index (κ1) is 14.7. The van der Waals surface area contributed by atoms with Crippen LogP contribution in [0, 0.1) is 6.92 Å². The highest BCUT2D eigenvalue weighted by molar-refractivity contribution is 7.09. The van der Waals surface area contributed by atoms with Crippen LogP contribution in [0.25, 0.3) is 0 Å². The number of aryl methyl sites for hydroxylation is 1. The fourth-order valence-corrected chi connectivity index (χ4v) is 2.66. The number of aromatic nitrogens is 1. The third-order valence-electron chi connectivity index (χ3n) is 3.06. The molecule has 20 heavy (non-hydrogen) atoms. The van der Waals surface area contributed by atoms with Crippen molar-refractivity contribution in [2.45, 2.75) is 26.3 Å². The fourth-order valence-electron chi connectivity index (χ4n) is 2.02. The lowest BCUT2D eigenvalue weighted by atomic mass is 10.0. The molecular weight excluding hydrogens is 270 g/mol. The van der Waals surface area contributed by atoms with E-state index in [1.54, 1.807) is 11.3 Å². The van der Waals surface area contributed by atoms with Crippen LogP contribution in [-0.2, 0) is 24.2 Å². The van der Waals surface area contributed by atoms with Gasteiger partial charge in [0.2, 0.25) is 5.91 Å². The first-order chi connectivity index (χ1) is 9.69. The molecule has 1 aromatic carbocycles. The van der Waals surface area contributed by atoms with Crippen molar-refractivity contribution in [1.29, 1.82) is 0 Å². The Labute approximate surface area is 123 Å². The molecule has 1 amide bonds. The molecule has 2 aromatic rings. The molecule has 5 heteroatoms. The van der Waals surface area contributed by atoms with Gasteiger partial charge in [-0.1, -0.05) is 24.3 Å². The van der Waals surface area contributed by atoms with Gasteiger partial charge in [0, 0.05) is 24.9 Å². The van der Waals surface area contributed by atoms with Crippen molar-refractivity contribution in [3.63, 3.8) is 0 Å². The van der Waals surface area contributed by atoms with Gasteiger partial charge in [-0.25, -0.2) is 4.98 Å². The van der Waals surface area contributed by atoms with E-state index in [1.165, 1.54) is 0 Å². The van der Waals surface area contributed by atoms with Crippen LogP contribution in [0.15, 0.2) is 29.6 Å². The molecule has 3 N–H and O–H groups in total. The number of carbonyl (C=O) groups excluding carboxylic acids is 1. The number of nitrogens with two attached hydrogens (primary N) is 1. The van der Waals surface area contributed by atoms with Crippen LogP contribution in [-0.4, -0.2) is 17.4 Å². The zero-order valence-corrected chi connectivity index (χ0v) is 12.4. The third kappa shape index (κ3) is 4.15. The lowest BCUT2D eigenvalue weighted by molar-refractivity contribution is -0.120. The van der Waals surface area contributed by atoms with Crippen LogP contribution >= 0.6 is 11.3 Å². The maximum atomic E-state index is 11.9. The summed E-state index contributed by atoms with van der Waals surface area (Å²) in [7, 11) is 0. The standard InChI is InChI=1S/C15H19N3OS/c1-11-18-14(10-20-11)6-7-17-15(19)8-12-4-2-3-5-13(12)9-16/h2-5,10H,6-9,16H2,1H3,(H,17,19). The van der Waals surface area contributed by atoms with Gasteiger partial charge in [-0.2, -0.15) is 0 Å². The van der Waals surface area contributed by atoms with Crippen LogP contribution < -0.4 is 11.1 Å². The van der Waals surface area contributed by atoms with Crippen molar-refractivity contribution in [2.75, 3.05) is 6.54 Å². The highest BCUT2D eigenvalue weighted by atomic mass is 32.1. The molecule has 0 unspecified atom stereocenters. The topological polar surface area (TPSA) is 68.0 Å². The van der Waals surface area contributed by atoms with Gasteiger partial charge in [-0.3, -0.25) is 4.79 Å². The van der Waals surface area contributed by atoms with Crippen molar-refractivity contribution < 1.29 is 4.79 Å². The molecule has 0 fully saturated rings. The molecule has 0 radical (unpaired) electrons. The molecule has 0 saturated heterocycles. The highest BCUT2D eigenvalue weighted by Gasteiger charge is 2.07. The Kier molecular flexibility index (Phi) is 5.26. The quantitative estimate of drug-likeness (QED) is 0.852. The normalized spacial score (nSPS) is 10.5. The number of hydrogen-bond acceptors (Lipinski definition) is 4. The Morgan fingerprint density at radius 3 is 2.75 bits per heavy atom. The van der Waals surface area contributed by atoms with E-state index in [0.717, 1.165) is 28.2 Å². The number of amides is 1. The van der Waals surface area contributed by atoms with Gasteiger partial charge in [0.15, 0.2) is 0 Å². The molecular formula is C15H19N3OS. The number of thiazole rings is 1. The second-order valence-corrected chi connectivity index (χ2v) is 5.67. The summed E-state index contributed by atoms with van der Waals surface area (Å²) in [6.45, 7) is 3.06. The van der Waals surface area contributed by atoms with Crippen LogP contribution in [0.1, 0.15) is 21.8 Å². The summed E-state index contributed by atoms with van der Waals surface area (Å²) in [4.78, 5) is 16.3. The van der Waals surface area contributed by atoms with E-state index in [4.69, 9.17) is 5.73 Å². The number of nitrogens with zero attached hydrogens (tertiary/aromatic N) is 1. The summed E-state index contributed by atoms with van der Waals surface area (Å²) in [6.07, 6.45) is 1.15. The summed E-state index contributed by atoms with van der Waals surface area (Å²) in [5.74, 6) is 0.0258. The molecule has 2 rings (SSSR count). The van der Waals surface area contributed by atoms with E-state index >= 15 is 0 Å². The number of carbonyl (C=O) groups is 1. The van der Waals surface area contributed by atoms with Crippen molar-refractivity contribution in [3.8, 4) is 0 Å². The predicted molar refractivity (Wildman–Crippen MR) is 81.6 cm³/mol. The maximum Gasteiger partial charge on any atom is 0.224 e. The fraction of sp³-hybridized carbons (Fsp3) is 0.333. The highest BCUT2D eigenvalue weighted by Crippen LogP contribution is 2.09. The molecule has 106 valence electrons. The first-order valence-corrected chi connectivity index (χ1v) is 7.51. The Bertz CT molecular complexity index is 580. The first-order valence-electron chi connectivity index (χ1n) is 6.63. The molecule has 4 nitrogen and oxygen atoms in total. The molecule has 0 spiro atoms. The summed E-state index contributed by atoms with van der Waals surface area (Å²) >= 11 is 1.63. The zero-order chi connectivity index (χ0) is 14.4. The Balaban J connectivity index is 1.80. The minimum Gasteiger partial charge on any atom is -0.355 e. The lowest BCUT2D eigenvalue weighted by Crippen LogP contribution is -2.27. The monoisotopic (exact) mass is 289 g/mol. The molecule has 0 atom stereocenters. The van der Waals surface area contributed by atoms with Crippen molar-refractivity contribution in [3.05, 3.63) is 51.5 Å². The van der Waals surface area contributed by atoms with Crippen LogP contribution in [0.3, 0.4) is 0 Å². The SMILES string of the molecule is Cc1nc(CCNC(=O)Cc2ccccc2CN)cs1. The average Bonchev–Trinajstić information content (AvgIpc) is 2.85. The Hall–Kier alpha value is -1.72. The minimum absolute atomic E-state index is 0.0258. The minimum atomic E-state index is 0.0258. The molecule has 0 aliphatic rings. The lowest BCUT2D eigenvalue weighted by Gasteiger charge is -2.08.